The molecule has 0 spiro atoms. The Bertz CT molecular complexity index is 1990. The lowest BCUT2D eigenvalue weighted by molar-refractivity contribution is -0.161. The second kappa shape index (κ2) is 72.0. The minimum absolute atomic E-state index is 0.106. The number of ether oxygens (including phenoxy) is 4. The van der Waals surface area contributed by atoms with Crippen LogP contribution in [0.5, 0.6) is 0 Å². The van der Waals surface area contributed by atoms with Crippen molar-refractivity contribution in [2.75, 3.05) is 39.6 Å². The van der Waals surface area contributed by atoms with Gasteiger partial charge in [-0.2, -0.15) is 0 Å². The van der Waals surface area contributed by atoms with Crippen molar-refractivity contribution in [3.63, 3.8) is 0 Å². The van der Waals surface area contributed by atoms with Gasteiger partial charge in [0, 0.05) is 25.7 Å². The molecule has 0 aliphatic rings. The molecule has 606 valence electrons. The Morgan fingerprint density at radius 1 is 0.245 bits per heavy atom. The zero-order valence-electron chi connectivity index (χ0n) is 67.2. The van der Waals surface area contributed by atoms with Gasteiger partial charge >= 0.3 is 39.5 Å². The number of carbonyl (C=O) groups is 4. The summed E-state index contributed by atoms with van der Waals surface area (Å²) in [6, 6.07) is 0. The van der Waals surface area contributed by atoms with Crippen LogP contribution in [0.15, 0.2) is 0 Å². The quantitative estimate of drug-likeness (QED) is 0.0222. The van der Waals surface area contributed by atoms with Crippen LogP contribution in [0.2, 0.25) is 0 Å². The molecule has 19 heteroatoms. The summed E-state index contributed by atoms with van der Waals surface area (Å²) in [5.74, 6) is 0.964. The second-order valence-electron chi connectivity index (χ2n) is 31.8. The Morgan fingerprint density at radius 3 is 0.608 bits per heavy atom. The van der Waals surface area contributed by atoms with Crippen LogP contribution in [0.3, 0.4) is 0 Å². The van der Waals surface area contributed by atoms with E-state index in [1.165, 1.54) is 225 Å². The summed E-state index contributed by atoms with van der Waals surface area (Å²) < 4.78 is 68.7. The van der Waals surface area contributed by atoms with Gasteiger partial charge in [-0.15, -0.1) is 0 Å². The van der Waals surface area contributed by atoms with Crippen LogP contribution in [0, 0.1) is 23.7 Å². The van der Waals surface area contributed by atoms with E-state index in [2.05, 4.69) is 55.4 Å². The van der Waals surface area contributed by atoms with E-state index in [0.717, 1.165) is 114 Å². The number of hydrogen-bond acceptors (Lipinski definition) is 15. The predicted molar refractivity (Wildman–Crippen MR) is 418 cm³/mol. The first-order chi connectivity index (χ1) is 49.1. The SMILES string of the molecule is CC(C)CCCCCCCCCCCCCCCCCCCCC(=O)O[C@H](COC(=O)CCCCCCCCCCCCCCCC(C)C)COP(=O)(O)OC[C@@H](O)COP(=O)(O)OC[C@@H](COC(=O)CCCCCCCCC(C)C)OC(=O)CCCCCCCCCCCCCCCC(C)C. The van der Waals surface area contributed by atoms with E-state index in [-0.39, 0.29) is 25.7 Å². The van der Waals surface area contributed by atoms with Gasteiger partial charge in [-0.25, -0.2) is 9.13 Å². The number of unbranched alkanes of at least 4 members (excludes halogenated alkanes) is 46. The predicted octanol–water partition coefficient (Wildman–Crippen LogP) is 24.8. The fourth-order valence-corrected chi connectivity index (χ4v) is 14.4. The van der Waals surface area contributed by atoms with Gasteiger partial charge in [-0.3, -0.25) is 37.3 Å². The van der Waals surface area contributed by atoms with Crippen LogP contribution in [0.25, 0.3) is 0 Å². The number of phosphoric ester groups is 2. The monoisotopic (exact) mass is 1490 g/mol. The Balaban J connectivity index is 5.22. The maximum Gasteiger partial charge on any atom is 0.472 e. The third kappa shape index (κ3) is 76.3. The highest BCUT2D eigenvalue weighted by molar-refractivity contribution is 7.47. The Labute approximate surface area is 626 Å². The fourth-order valence-electron chi connectivity index (χ4n) is 12.8. The first-order valence-electron chi connectivity index (χ1n) is 42.7. The van der Waals surface area contributed by atoms with Gasteiger partial charge in [0.05, 0.1) is 26.4 Å². The van der Waals surface area contributed by atoms with Gasteiger partial charge in [-0.1, -0.05) is 376 Å². The van der Waals surface area contributed by atoms with Crippen molar-refractivity contribution in [3.05, 3.63) is 0 Å². The second-order valence-corrected chi connectivity index (χ2v) is 34.7. The van der Waals surface area contributed by atoms with Crippen molar-refractivity contribution in [3.8, 4) is 0 Å². The Morgan fingerprint density at radius 2 is 0.412 bits per heavy atom. The van der Waals surface area contributed by atoms with Crippen molar-refractivity contribution in [1.82, 2.24) is 0 Å². The lowest BCUT2D eigenvalue weighted by Crippen LogP contribution is -2.30. The molecule has 0 aromatic rings. The standard InChI is InChI=1S/C83H162O17P2/c1-73(2)59-51-43-35-29-23-17-13-11-9-10-12-14-20-27-33-39-49-57-65-82(87)99-78(69-93-80(85)63-55-47-38-32-26-21-15-18-24-30-36-44-52-60-74(3)4)71-97-101(89,90)95-67-77(84)68-96-102(91,92)98-72-79(70-94-81(86)64-56-48-42-41-46-54-62-76(7)8)100-83(88)66-58-50-40-34-28-22-16-19-25-31-37-45-53-61-75(5)6/h73-79,84H,9-72H2,1-8H3,(H,89,90)(H,91,92)/t77-,78-,79-/m1/s1. The molecular formula is C83H162O17P2. The van der Waals surface area contributed by atoms with E-state index in [1.54, 1.807) is 0 Å². The average Bonchev–Trinajstić information content (AvgIpc) is 0.915. The number of aliphatic hydroxyl groups is 1. The maximum absolute atomic E-state index is 13.1. The van der Waals surface area contributed by atoms with E-state index < -0.39 is 97.5 Å². The molecule has 17 nitrogen and oxygen atoms in total. The molecule has 0 fully saturated rings. The van der Waals surface area contributed by atoms with E-state index in [0.29, 0.717) is 31.6 Å². The number of phosphoric acid groups is 2. The van der Waals surface area contributed by atoms with Crippen LogP contribution < -0.4 is 0 Å². The smallest absolute Gasteiger partial charge is 0.462 e. The summed E-state index contributed by atoms with van der Waals surface area (Å²) in [7, 11) is -9.92. The molecule has 0 aromatic carbocycles. The third-order valence-electron chi connectivity index (χ3n) is 19.3. The van der Waals surface area contributed by atoms with Crippen LogP contribution in [-0.2, 0) is 65.4 Å². The molecule has 5 atom stereocenters. The fraction of sp³-hybridized carbons (Fsp3) is 0.952. The maximum atomic E-state index is 13.1. The molecule has 3 N–H and O–H groups in total. The van der Waals surface area contributed by atoms with Crippen LogP contribution >= 0.6 is 15.6 Å². The Kier molecular flexibility index (Phi) is 70.6. The topological polar surface area (TPSA) is 237 Å². The molecule has 0 aliphatic heterocycles. The molecule has 0 radical (unpaired) electrons. The van der Waals surface area contributed by atoms with Gasteiger partial charge in [-0.05, 0) is 49.4 Å². The minimum atomic E-state index is -4.96. The molecule has 0 saturated carbocycles. The zero-order chi connectivity index (χ0) is 75.3. The van der Waals surface area contributed by atoms with E-state index in [9.17, 15) is 43.2 Å². The van der Waals surface area contributed by atoms with Crippen molar-refractivity contribution >= 4 is 39.5 Å². The van der Waals surface area contributed by atoms with E-state index >= 15 is 0 Å². The summed E-state index contributed by atoms with van der Waals surface area (Å²) in [5, 5.41) is 10.6. The molecule has 0 amide bonds. The molecule has 102 heavy (non-hydrogen) atoms. The summed E-state index contributed by atoms with van der Waals surface area (Å²) in [5.41, 5.74) is 0. The van der Waals surface area contributed by atoms with Gasteiger partial charge in [0.25, 0.3) is 0 Å². The average molecular weight is 1490 g/mol. The van der Waals surface area contributed by atoms with Crippen molar-refractivity contribution in [2.24, 2.45) is 23.7 Å². The first-order valence-corrected chi connectivity index (χ1v) is 45.7. The molecular weight excluding hydrogens is 1330 g/mol. The zero-order valence-corrected chi connectivity index (χ0v) is 69.0. The summed E-state index contributed by atoms with van der Waals surface area (Å²) in [6.07, 6.45) is 59.9. The summed E-state index contributed by atoms with van der Waals surface area (Å²) >= 11 is 0. The van der Waals surface area contributed by atoms with Crippen LogP contribution in [-0.4, -0.2) is 96.7 Å². The number of hydrogen-bond donors (Lipinski definition) is 3. The first kappa shape index (κ1) is 100. The van der Waals surface area contributed by atoms with Crippen molar-refractivity contribution < 1.29 is 80.2 Å². The summed E-state index contributed by atoms with van der Waals surface area (Å²) in [4.78, 5) is 73.1. The lowest BCUT2D eigenvalue weighted by atomic mass is 10.0. The van der Waals surface area contributed by atoms with Gasteiger partial charge in [0.15, 0.2) is 12.2 Å². The largest absolute Gasteiger partial charge is 0.472 e. The van der Waals surface area contributed by atoms with E-state index in [1.807, 2.05) is 0 Å². The number of carbonyl (C=O) groups excluding carboxylic acids is 4. The highest BCUT2D eigenvalue weighted by atomic mass is 31.2. The molecule has 2 unspecified atom stereocenters. The van der Waals surface area contributed by atoms with Crippen molar-refractivity contribution in [2.45, 2.75) is 446 Å². The number of aliphatic hydroxyl groups excluding tert-OH is 1. The highest BCUT2D eigenvalue weighted by Crippen LogP contribution is 2.45. The number of esters is 4. The lowest BCUT2D eigenvalue weighted by Gasteiger charge is -2.21. The normalized spacial score (nSPS) is 14.0. The Hall–Kier alpha value is -1.94. The third-order valence-corrected chi connectivity index (χ3v) is 21.2. The van der Waals surface area contributed by atoms with Crippen LogP contribution in [0.4, 0.5) is 0 Å². The molecule has 0 bridgehead atoms. The minimum Gasteiger partial charge on any atom is -0.462 e. The van der Waals surface area contributed by atoms with Crippen molar-refractivity contribution in [1.29, 1.82) is 0 Å². The molecule has 0 heterocycles. The molecule has 0 aromatic heterocycles. The molecule has 0 saturated heterocycles. The summed E-state index contributed by atoms with van der Waals surface area (Å²) in [6.45, 7) is 14.2. The van der Waals surface area contributed by atoms with Gasteiger partial charge < -0.3 is 33.8 Å². The molecule has 0 aliphatic carbocycles. The van der Waals surface area contributed by atoms with Crippen LogP contribution in [0.1, 0.15) is 428 Å². The molecule has 0 rings (SSSR count). The number of rotatable bonds is 80. The van der Waals surface area contributed by atoms with E-state index in [4.69, 9.17) is 37.0 Å². The highest BCUT2D eigenvalue weighted by Gasteiger charge is 2.30. The van der Waals surface area contributed by atoms with Gasteiger partial charge in [0.1, 0.15) is 19.3 Å². The van der Waals surface area contributed by atoms with Gasteiger partial charge in [0.2, 0.25) is 0 Å².